The molecule has 3 aromatic carbocycles. The lowest BCUT2D eigenvalue weighted by Gasteiger charge is -2.38. The zero-order valence-corrected chi connectivity index (χ0v) is 28.9. The number of halogens is 1. The van der Waals surface area contributed by atoms with Gasteiger partial charge < -0.3 is 28.7 Å². The highest BCUT2D eigenvalue weighted by Crippen LogP contribution is 2.53. The molecule has 14 heteroatoms. The zero-order chi connectivity index (χ0) is 34.9. The second-order valence-corrected chi connectivity index (χ2v) is 13.8. The van der Waals surface area contributed by atoms with Crippen LogP contribution in [0.2, 0.25) is 5.02 Å². The standard InChI is InChI=1S/C35H35ClN4O8S/c1-23(2)47-30-8-6-5-7-27(30)35(48-34(42)39-19-17-38(18-20-39)25-13-15-37-16-14-25)28-21-24(36)9-11-29(28)40(33(35)41)49(43,44)32-12-10-26(45-3)22-31(32)46-4/h5-16,21-23H,17-20H2,1-4H3. The van der Waals surface area contributed by atoms with E-state index in [-0.39, 0.29) is 57.4 Å². The molecule has 2 aliphatic rings. The fourth-order valence-electron chi connectivity index (χ4n) is 6.09. The number of para-hydroxylation sites is 1. The van der Waals surface area contributed by atoms with Gasteiger partial charge in [0, 0.05) is 60.9 Å². The molecule has 2 aliphatic heterocycles. The first-order valence-electron chi connectivity index (χ1n) is 15.5. The van der Waals surface area contributed by atoms with Crippen molar-refractivity contribution in [2.24, 2.45) is 0 Å². The summed E-state index contributed by atoms with van der Waals surface area (Å²) in [6.45, 7) is 5.17. The Kier molecular flexibility index (Phi) is 9.32. The normalized spacial score (nSPS) is 17.6. The van der Waals surface area contributed by atoms with E-state index in [1.165, 1.54) is 55.5 Å². The number of nitrogens with zero attached hydrogens (tertiary/aromatic N) is 4. The molecule has 0 spiro atoms. The number of carbonyl (C=O) groups is 2. The summed E-state index contributed by atoms with van der Waals surface area (Å²) in [6.07, 6.45) is 2.25. The minimum Gasteiger partial charge on any atom is -0.497 e. The smallest absolute Gasteiger partial charge is 0.411 e. The Balaban J connectivity index is 1.48. The quantitative estimate of drug-likeness (QED) is 0.221. The molecule has 1 atom stereocenters. The number of sulfonamides is 1. The molecule has 1 unspecified atom stereocenters. The maximum absolute atomic E-state index is 15.1. The van der Waals surface area contributed by atoms with E-state index >= 15 is 4.79 Å². The van der Waals surface area contributed by atoms with Gasteiger partial charge in [0.05, 0.1) is 31.6 Å². The van der Waals surface area contributed by atoms with E-state index in [2.05, 4.69) is 9.88 Å². The fourth-order valence-corrected chi connectivity index (χ4v) is 7.86. The molecule has 12 nitrogen and oxygen atoms in total. The number of amides is 2. The van der Waals surface area contributed by atoms with Crippen LogP contribution >= 0.6 is 11.6 Å². The van der Waals surface area contributed by atoms with Gasteiger partial charge in [-0.2, -0.15) is 4.31 Å². The molecule has 0 bridgehead atoms. The van der Waals surface area contributed by atoms with Crippen molar-refractivity contribution in [3.8, 4) is 17.2 Å². The summed E-state index contributed by atoms with van der Waals surface area (Å²) in [5, 5.41) is 0.196. The molecule has 49 heavy (non-hydrogen) atoms. The van der Waals surface area contributed by atoms with Crippen molar-refractivity contribution >= 4 is 45.0 Å². The summed E-state index contributed by atoms with van der Waals surface area (Å²) in [6, 6.07) is 18.8. The third-order valence-corrected chi connectivity index (χ3v) is 10.3. The third kappa shape index (κ3) is 6.08. The fraction of sp³-hybridized carbons (Fsp3) is 0.286. The van der Waals surface area contributed by atoms with E-state index in [1.54, 1.807) is 36.7 Å². The Morgan fingerprint density at radius 1 is 0.878 bits per heavy atom. The van der Waals surface area contributed by atoms with Crippen LogP contribution in [0.25, 0.3) is 0 Å². The van der Waals surface area contributed by atoms with E-state index < -0.39 is 27.6 Å². The van der Waals surface area contributed by atoms with E-state index in [4.69, 9.17) is 30.5 Å². The largest absolute Gasteiger partial charge is 0.497 e. The van der Waals surface area contributed by atoms with E-state index in [1.807, 2.05) is 26.0 Å². The number of pyridine rings is 1. The third-order valence-electron chi connectivity index (χ3n) is 8.37. The second-order valence-electron chi connectivity index (χ2n) is 11.6. The monoisotopic (exact) mass is 706 g/mol. The van der Waals surface area contributed by atoms with Gasteiger partial charge in [0.25, 0.3) is 15.9 Å². The molecule has 1 fully saturated rings. The van der Waals surface area contributed by atoms with Crippen molar-refractivity contribution in [2.75, 3.05) is 49.6 Å². The molecule has 6 rings (SSSR count). The predicted molar refractivity (Wildman–Crippen MR) is 183 cm³/mol. The van der Waals surface area contributed by atoms with Crippen LogP contribution in [0.15, 0.2) is 90.1 Å². The van der Waals surface area contributed by atoms with Crippen molar-refractivity contribution < 1.29 is 37.0 Å². The number of anilines is 2. The number of piperazine rings is 1. The van der Waals surface area contributed by atoms with E-state index in [0.717, 1.165) is 5.69 Å². The molecule has 3 heterocycles. The summed E-state index contributed by atoms with van der Waals surface area (Å²) in [5.41, 5.74) is -1.19. The molecule has 1 saturated heterocycles. The van der Waals surface area contributed by atoms with Crippen molar-refractivity contribution in [3.05, 3.63) is 101 Å². The van der Waals surface area contributed by atoms with Crippen molar-refractivity contribution in [3.63, 3.8) is 0 Å². The van der Waals surface area contributed by atoms with Crippen LogP contribution in [-0.2, 0) is 25.2 Å². The summed E-state index contributed by atoms with van der Waals surface area (Å²) in [4.78, 5) is 36.7. The lowest BCUT2D eigenvalue weighted by atomic mass is 9.86. The van der Waals surface area contributed by atoms with Crippen LogP contribution in [0.1, 0.15) is 25.0 Å². The number of aromatic nitrogens is 1. The number of methoxy groups -OCH3 is 2. The van der Waals surface area contributed by atoms with Crippen LogP contribution in [0.4, 0.5) is 16.2 Å². The molecule has 0 radical (unpaired) electrons. The van der Waals surface area contributed by atoms with Crippen LogP contribution in [0.3, 0.4) is 0 Å². The lowest BCUT2D eigenvalue weighted by molar-refractivity contribution is -0.132. The molecule has 256 valence electrons. The lowest BCUT2D eigenvalue weighted by Crippen LogP contribution is -2.53. The van der Waals surface area contributed by atoms with Gasteiger partial charge in [-0.25, -0.2) is 13.2 Å². The number of rotatable bonds is 9. The SMILES string of the molecule is COc1ccc(S(=O)(=O)N2C(=O)C(OC(=O)N3CCN(c4ccncc4)CC3)(c3ccccc3OC(C)C)c3cc(Cl)ccc32)c(OC)c1. The van der Waals surface area contributed by atoms with Crippen LogP contribution in [0, 0.1) is 0 Å². The predicted octanol–water partition coefficient (Wildman–Crippen LogP) is 5.48. The molecule has 1 aromatic heterocycles. The van der Waals surface area contributed by atoms with Crippen LogP contribution < -0.4 is 23.4 Å². The van der Waals surface area contributed by atoms with Gasteiger partial charge in [0.1, 0.15) is 22.1 Å². The average Bonchev–Trinajstić information content (AvgIpc) is 3.35. The molecule has 4 aromatic rings. The Hall–Kier alpha value is -5.01. The molecular weight excluding hydrogens is 672 g/mol. The van der Waals surface area contributed by atoms with Gasteiger partial charge in [-0.05, 0) is 62.4 Å². The summed E-state index contributed by atoms with van der Waals surface area (Å²) < 4.78 is 52.9. The van der Waals surface area contributed by atoms with Crippen molar-refractivity contribution in [2.45, 2.75) is 30.4 Å². The molecule has 0 aliphatic carbocycles. The van der Waals surface area contributed by atoms with E-state index in [0.29, 0.717) is 23.1 Å². The highest BCUT2D eigenvalue weighted by Gasteiger charge is 2.61. The van der Waals surface area contributed by atoms with Gasteiger partial charge >= 0.3 is 6.09 Å². The number of hydrogen-bond donors (Lipinski definition) is 0. The minimum atomic E-state index is -4.69. The summed E-state index contributed by atoms with van der Waals surface area (Å²) in [5.74, 6) is -0.518. The Morgan fingerprint density at radius 3 is 2.27 bits per heavy atom. The number of benzene rings is 3. The van der Waals surface area contributed by atoms with Gasteiger partial charge in [0.15, 0.2) is 0 Å². The summed E-state index contributed by atoms with van der Waals surface area (Å²) >= 11 is 6.52. The van der Waals surface area contributed by atoms with Crippen molar-refractivity contribution in [1.29, 1.82) is 0 Å². The Labute approximate surface area is 289 Å². The highest BCUT2D eigenvalue weighted by atomic mass is 35.5. The minimum absolute atomic E-state index is 0.0399. The molecular formula is C35H35ClN4O8S. The number of carbonyl (C=O) groups excluding carboxylic acids is 2. The topological polar surface area (TPSA) is 128 Å². The van der Waals surface area contributed by atoms with E-state index in [9.17, 15) is 13.2 Å². The van der Waals surface area contributed by atoms with Crippen molar-refractivity contribution in [1.82, 2.24) is 9.88 Å². The number of hydrogen-bond acceptors (Lipinski definition) is 10. The second kappa shape index (κ2) is 13.5. The molecule has 0 saturated carbocycles. The number of fused-ring (bicyclic) bond motifs is 1. The first-order chi connectivity index (χ1) is 23.5. The van der Waals surface area contributed by atoms with Gasteiger partial charge in [-0.1, -0.05) is 29.8 Å². The Bertz CT molecular complexity index is 1990. The maximum Gasteiger partial charge on any atom is 0.411 e. The van der Waals surface area contributed by atoms with Crippen LogP contribution in [0.5, 0.6) is 17.2 Å². The van der Waals surface area contributed by atoms with Gasteiger partial charge in [0.2, 0.25) is 5.60 Å². The Morgan fingerprint density at radius 2 is 1.59 bits per heavy atom. The number of ether oxygens (including phenoxy) is 4. The maximum atomic E-state index is 15.1. The molecule has 2 amide bonds. The first kappa shape index (κ1) is 33.9. The summed E-state index contributed by atoms with van der Waals surface area (Å²) in [7, 11) is -1.94. The van der Waals surface area contributed by atoms with Gasteiger partial charge in [-0.3, -0.25) is 9.78 Å². The zero-order valence-electron chi connectivity index (χ0n) is 27.3. The molecule has 0 N–H and O–H groups in total. The van der Waals surface area contributed by atoms with Gasteiger partial charge in [-0.15, -0.1) is 0 Å². The highest BCUT2D eigenvalue weighted by molar-refractivity contribution is 7.93. The van der Waals surface area contributed by atoms with Crippen LogP contribution in [-0.4, -0.2) is 76.8 Å². The first-order valence-corrected chi connectivity index (χ1v) is 17.3. The average molecular weight is 707 g/mol.